The van der Waals surface area contributed by atoms with Gasteiger partial charge >= 0.3 is 13.1 Å². The monoisotopic (exact) mass is 290 g/mol. The summed E-state index contributed by atoms with van der Waals surface area (Å²) in [7, 11) is -0.386. The van der Waals surface area contributed by atoms with Gasteiger partial charge in [0.2, 0.25) is 0 Å². The summed E-state index contributed by atoms with van der Waals surface area (Å²) in [4.78, 5) is 10.9. The van der Waals surface area contributed by atoms with E-state index in [1.807, 2.05) is 52.0 Å². The maximum atomic E-state index is 10.9. The van der Waals surface area contributed by atoms with E-state index in [1.165, 1.54) is 6.92 Å². The van der Waals surface area contributed by atoms with Crippen molar-refractivity contribution in [3.05, 3.63) is 29.8 Å². The highest BCUT2D eigenvalue weighted by Gasteiger charge is 2.52. The van der Waals surface area contributed by atoms with Gasteiger partial charge in [0.25, 0.3) is 0 Å². The topological polar surface area (TPSA) is 44.8 Å². The van der Waals surface area contributed by atoms with Crippen molar-refractivity contribution in [1.29, 1.82) is 0 Å². The third kappa shape index (κ3) is 3.47. The van der Waals surface area contributed by atoms with Crippen molar-refractivity contribution in [2.24, 2.45) is 0 Å². The first-order valence-electron chi connectivity index (χ1n) is 7.30. The second-order valence-electron chi connectivity index (χ2n) is 6.38. The molecule has 0 spiro atoms. The van der Waals surface area contributed by atoms with Gasteiger partial charge in [0.1, 0.15) is 0 Å². The molecule has 0 unspecified atom stereocenters. The van der Waals surface area contributed by atoms with E-state index in [9.17, 15) is 4.79 Å². The molecule has 0 amide bonds. The zero-order valence-corrected chi connectivity index (χ0v) is 13.4. The van der Waals surface area contributed by atoms with E-state index in [2.05, 4.69) is 0 Å². The summed E-state index contributed by atoms with van der Waals surface area (Å²) in [6.45, 7) is 9.93. The van der Waals surface area contributed by atoms with Crippen molar-refractivity contribution in [3.8, 4) is 0 Å². The summed E-state index contributed by atoms with van der Waals surface area (Å²) in [6.07, 6.45) is 0.653. The number of carbonyl (C=O) groups excluding carboxylic acids is 1. The van der Waals surface area contributed by atoms with Crippen LogP contribution in [0.5, 0.6) is 0 Å². The fraction of sp³-hybridized carbons (Fsp3) is 0.562. The number of benzene rings is 1. The summed E-state index contributed by atoms with van der Waals surface area (Å²) >= 11 is 0. The Morgan fingerprint density at radius 3 is 2.29 bits per heavy atom. The van der Waals surface area contributed by atoms with E-state index in [4.69, 9.17) is 14.0 Å². The van der Waals surface area contributed by atoms with Crippen molar-refractivity contribution >= 4 is 18.6 Å². The SMILES string of the molecule is CC(=O)OCCc1ccccc1B1OC(C)(C)C(C)(C)O1. The van der Waals surface area contributed by atoms with Gasteiger partial charge in [-0.1, -0.05) is 24.3 Å². The summed E-state index contributed by atoms with van der Waals surface area (Å²) in [5.41, 5.74) is 1.36. The van der Waals surface area contributed by atoms with Gasteiger partial charge in [0.05, 0.1) is 17.8 Å². The Balaban J connectivity index is 2.16. The van der Waals surface area contributed by atoms with Crippen LogP contribution in [-0.4, -0.2) is 30.9 Å². The van der Waals surface area contributed by atoms with Crippen LogP contribution in [0.2, 0.25) is 0 Å². The van der Waals surface area contributed by atoms with Crippen molar-refractivity contribution in [3.63, 3.8) is 0 Å². The van der Waals surface area contributed by atoms with Crippen LogP contribution in [0, 0.1) is 0 Å². The molecule has 0 atom stereocenters. The smallest absolute Gasteiger partial charge is 0.466 e. The molecule has 0 saturated carbocycles. The lowest BCUT2D eigenvalue weighted by molar-refractivity contribution is -0.140. The van der Waals surface area contributed by atoms with Crippen LogP contribution >= 0.6 is 0 Å². The molecule has 114 valence electrons. The molecule has 1 saturated heterocycles. The first-order valence-corrected chi connectivity index (χ1v) is 7.30. The third-order valence-corrected chi connectivity index (χ3v) is 4.24. The van der Waals surface area contributed by atoms with Crippen LogP contribution in [0.4, 0.5) is 0 Å². The molecule has 0 radical (unpaired) electrons. The molecule has 1 aromatic carbocycles. The zero-order valence-electron chi connectivity index (χ0n) is 13.4. The van der Waals surface area contributed by atoms with Gasteiger partial charge in [0, 0.05) is 13.3 Å². The van der Waals surface area contributed by atoms with Crippen LogP contribution in [0.25, 0.3) is 0 Å². The van der Waals surface area contributed by atoms with E-state index in [0.717, 1.165) is 11.0 Å². The van der Waals surface area contributed by atoms with Crippen molar-refractivity contribution in [2.45, 2.75) is 52.2 Å². The number of rotatable bonds is 4. The number of esters is 1. The first-order chi connectivity index (χ1) is 9.73. The lowest BCUT2D eigenvalue weighted by Gasteiger charge is -2.32. The summed E-state index contributed by atoms with van der Waals surface area (Å²) in [5, 5.41) is 0. The average Bonchev–Trinajstić information content (AvgIpc) is 2.58. The molecule has 5 heteroatoms. The van der Waals surface area contributed by atoms with E-state index < -0.39 is 0 Å². The van der Waals surface area contributed by atoms with Crippen LogP contribution in [0.3, 0.4) is 0 Å². The van der Waals surface area contributed by atoms with Crippen LogP contribution in [0.1, 0.15) is 40.2 Å². The molecule has 0 aromatic heterocycles. The standard InChI is InChI=1S/C16H23BO4/c1-12(18)19-11-10-13-8-6-7-9-14(13)17-20-15(2,3)16(4,5)21-17/h6-9H,10-11H2,1-5H3. The Hall–Kier alpha value is -1.33. The molecule has 0 aliphatic carbocycles. The quantitative estimate of drug-likeness (QED) is 0.629. The molecule has 0 N–H and O–H groups in total. The fourth-order valence-electron chi connectivity index (χ4n) is 2.27. The molecule has 4 nitrogen and oxygen atoms in total. The average molecular weight is 290 g/mol. The maximum Gasteiger partial charge on any atom is 0.495 e. The minimum absolute atomic E-state index is 0.261. The number of hydrogen-bond donors (Lipinski definition) is 0. The molecule has 21 heavy (non-hydrogen) atoms. The lowest BCUT2D eigenvalue weighted by Crippen LogP contribution is -2.41. The molecule has 1 aliphatic rings. The molecule has 1 heterocycles. The Morgan fingerprint density at radius 1 is 1.14 bits per heavy atom. The van der Waals surface area contributed by atoms with Gasteiger partial charge < -0.3 is 14.0 Å². The minimum atomic E-state index is -0.386. The van der Waals surface area contributed by atoms with Crippen molar-refractivity contribution in [1.82, 2.24) is 0 Å². The largest absolute Gasteiger partial charge is 0.495 e. The summed E-state index contributed by atoms with van der Waals surface area (Å²) in [5.74, 6) is -0.261. The zero-order chi connectivity index (χ0) is 15.7. The number of carbonyl (C=O) groups is 1. The summed E-state index contributed by atoms with van der Waals surface area (Å²) in [6, 6.07) is 7.96. The van der Waals surface area contributed by atoms with Gasteiger partial charge in [-0.05, 0) is 38.7 Å². The minimum Gasteiger partial charge on any atom is -0.466 e. The lowest BCUT2D eigenvalue weighted by atomic mass is 9.75. The van der Waals surface area contributed by atoms with E-state index >= 15 is 0 Å². The predicted molar refractivity (Wildman–Crippen MR) is 82.5 cm³/mol. The van der Waals surface area contributed by atoms with Gasteiger partial charge in [-0.2, -0.15) is 0 Å². The highest BCUT2D eigenvalue weighted by molar-refractivity contribution is 6.62. The van der Waals surface area contributed by atoms with Gasteiger partial charge in [-0.25, -0.2) is 0 Å². The second-order valence-corrected chi connectivity index (χ2v) is 6.38. The third-order valence-electron chi connectivity index (χ3n) is 4.24. The molecule has 1 fully saturated rings. The van der Waals surface area contributed by atoms with Crippen molar-refractivity contribution < 1.29 is 18.8 Å². The highest BCUT2D eigenvalue weighted by Crippen LogP contribution is 2.36. The van der Waals surface area contributed by atoms with E-state index in [-0.39, 0.29) is 24.3 Å². The molecular weight excluding hydrogens is 267 g/mol. The maximum absolute atomic E-state index is 10.9. The summed E-state index contributed by atoms with van der Waals surface area (Å²) < 4.78 is 17.2. The molecule has 2 rings (SSSR count). The predicted octanol–water partition coefficient (Wildman–Crippen LogP) is 2.09. The number of hydrogen-bond acceptors (Lipinski definition) is 4. The van der Waals surface area contributed by atoms with Gasteiger partial charge in [-0.3, -0.25) is 4.79 Å². The molecular formula is C16H23BO4. The fourth-order valence-corrected chi connectivity index (χ4v) is 2.27. The van der Waals surface area contributed by atoms with Gasteiger partial charge in [-0.15, -0.1) is 0 Å². The van der Waals surface area contributed by atoms with E-state index in [1.54, 1.807) is 0 Å². The normalized spacial score (nSPS) is 19.6. The first kappa shape index (κ1) is 16.1. The Morgan fingerprint density at radius 2 is 1.71 bits per heavy atom. The van der Waals surface area contributed by atoms with E-state index in [0.29, 0.717) is 13.0 Å². The highest BCUT2D eigenvalue weighted by atomic mass is 16.7. The number of ether oxygens (including phenoxy) is 1. The second kappa shape index (κ2) is 5.81. The van der Waals surface area contributed by atoms with Crippen LogP contribution in [0.15, 0.2) is 24.3 Å². The van der Waals surface area contributed by atoms with Gasteiger partial charge in [0.15, 0.2) is 0 Å². The van der Waals surface area contributed by atoms with Crippen molar-refractivity contribution in [2.75, 3.05) is 6.61 Å². The Labute approximate surface area is 126 Å². The molecule has 1 aliphatic heterocycles. The Kier molecular flexibility index (Phi) is 4.44. The van der Waals surface area contributed by atoms with Crippen LogP contribution in [-0.2, 0) is 25.3 Å². The Bertz CT molecular complexity index is 509. The van der Waals surface area contributed by atoms with Crippen LogP contribution < -0.4 is 5.46 Å². The molecule has 0 bridgehead atoms. The molecule has 1 aromatic rings.